The van der Waals surface area contributed by atoms with Crippen LogP contribution in [0.25, 0.3) is 16.6 Å². The third-order valence-corrected chi connectivity index (χ3v) is 4.93. The summed E-state index contributed by atoms with van der Waals surface area (Å²) in [5, 5.41) is 10.4. The fourth-order valence-corrected chi connectivity index (χ4v) is 3.41. The summed E-state index contributed by atoms with van der Waals surface area (Å²) >= 11 is 1.05. The topological polar surface area (TPSA) is 111 Å². The summed E-state index contributed by atoms with van der Waals surface area (Å²) in [5.74, 6) is -0.282. The van der Waals surface area contributed by atoms with Crippen molar-refractivity contribution in [2.75, 3.05) is 0 Å². The van der Waals surface area contributed by atoms with Gasteiger partial charge in [0.2, 0.25) is 11.0 Å². The van der Waals surface area contributed by atoms with Crippen LogP contribution in [0.4, 0.5) is 18.0 Å². The number of hydrogen-bond acceptors (Lipinski definition) is 7. The quantitative estimate of drug-likeness (QED) is 0.543. The average molecular weight is 485 g/mol. The lowest BCUT2D eigenvalue weighted by Gasteiger charge is -2.21. The van der Waals surface area contributed by atoms with Gasteiger partial charge < -0.3 is 19.8 Å². The highest BCUT2D eigenvalue weighted by atomic mass is 32.1. The number of alkyl halides is 3. The second kappa shape index (κ2) is 9.25. The van der Waals surface area contributed by atoms with Crippen LogP contribution in [0.15, 0.2) is 34.3 Å². The van der Waals surface area contributed by atoms with Crippen LogP contribution in [0.3, 0.4) is 0 Å². The number of ether oxygens (including phenoxy) is 1. The number of aromatic nitrogens is 3. The van der Waals surface area contributed by atoms with Crippen LogP contribution in [0.2, 0.25) is 0 Å². The van der Waals surface area contributed by atoms with Gasteiger partial charge in [-0.1, -0.05) is 0 Å². The highest BCUT2D eigenvalue weighted by Crippen LogP contribution is 2.33. The van der Waals surface area contributed by atoms with Crippen LogP contribution in [0, 0.1) is 0 Å². The molecule has 0 fully saturated rings. The van der Waals surface area contributed by atoms with Gasteiger partial charge in [0.1, 0.15) is 17.3 Å². The van der Waals surface area contributed by atoms with E-state index in [1.165, 1.54) is 19.3 Å². The van der Waals surface area contributed by atoms with E-state index >= 15 is 0 Å². The molecule has 0 saturated carbocycles. The predicted octanol–water partition coefficient (Wildman–Crippen LogP) is 4.14. The standard InChI is InChI=1S/C20H22F3N5O4S/c1-11(25-18(30)32-19(2,3)4)16(29)24-9-12-10-33-17(26-12)28-13(14-6-5-7-31-14)8-15(27-28)20(21,22)23/h5-8,10-11H,9H2,1-4H3,(H,24,29)(H,25,30)/t11-/m0/s1. The molecule has 0 saturated heterocycles. The molecule has 0 aliphatic heterocycles. The van der Waals surface area contributed by atoms with Crippen molar-refractivity contribution >= 4 is 23.3 Å². The second-order valence-corrected chi connectivity index (χ2v) is 8.85. The van der Waals surface area contributed by atoms with Crippen molar-refractivity contribution in [3.63, 3.8) is 0 Å². The molecule has 3 aromatic rings. The van der Waals surface area contributed by atoms with Gasteiger partial charge in [-0.25, -0.2) is 14.5 Å². The Balaban J connectivity index is 1.69. The van der Waals surface area contributed by atoms with Crippen molar-refractivity contribution in [3.05, 3.63) is 41.2 Å². The number of furan rings is 1. The molecule has 3 heterocycles. The minimum absolute atomic E-state index is 0.000840. The van der Waals surface area contributed by atoms with Gasteiger partial charge >= 0.3 is 12.3 Å². The maximum atomic E-state index is 13.2. The Hall–Kier alpha value is -3.35. The van der Waals surface area contributed by atoms with E-state index in [0.29, 0.717) is 5.69 Å². The molecule has 0 aliphatic carbocycles. The molecule has 0 aliphatic rings. The van der Waals surface area contributed by atoms with E-state index in [1.807, 2.05) is 0 Å². The minimum atomic E-state index is -4.64. The molecule has 3 rings (SSSR count). The number of thiazole rings is 1. The van der Waals surface area contributed by atoms with Crippen LogP contribution in [-0.2, 0) is 22.3 Å². The summed E-state index contributed by atoms with van der Waals surface area (Å²) in [5.41, 5.74) is -1.29. The Morgan fingerprint density at radius 2 is 2.03 bits per heavy atom. The molecule has 33 heavy (non-hydrogen) atoms. The van der Waals surface area contributed by atoms with Crippen molar-refractivity contribution in [3.8, 4) is 16.6 Å². The first kappa shape index (κ1) is 24.3. The van der Waals surface area contributed by atoms with Crippen molar-refractivity contribution in [2.24, 2.45) is 0 Å². The number of nitrogens with zero attached hydrogens (tertiary/aromatic N) is 3. The maximum Gasteiger partial charge on any atom is 0.435 e. The molecule has 0 aromatic carbocycles. The van der Waals surface area contributed by atoms with Crippen molar-refractivity contribution in [1.29, 1.82) is 0 Å². The molecule has 0 radical (unpaired) electrons. The number of amides is 2. The summed E-state index contributed by atoms with van der Waals surface area (Å²) in [6.07, 6.45) is -4.03. The number of alkyl carbamates (subject to hydrolysis) is 1. The third-order valence-electron chi connectivity index (χ3n) is 4.06. The van der Waals surface area contributed by atoms with Crippen LogP contribution < -0.4 is 10.6 Å². The van der Waals surface area contributed by atoms with Gasteiger partial charge in [0.25, 0.3) is 0 Å². The normalized spacial score (nSPS) is 12.9. The van der Waals surface area contributed by atoms with E-state index < -0.39 is 35.5 Å². The van der Waals surface area contributed by atoms with Crippen LogP contribution >= 0.6 is 11.3 Å². The zero-order valence-electron chi connectivity index (χ0n) is 18.2. The van der Waals surface area contributed by atoms with Crippen LogP contribution in [0.1, 0.15) is 39.1 Å². The second-order valence-electron chi connectivity index (χ2n) is 8.01. The van der Waals surface area contributed by atoms with Crippen molar-refractivity contribution < 1.29 is 31.9 Å². The monoisotopic (exact) mass is 485 g/mol. The Labute approximate surface area is 190 Å². The summed E-state index contributed by atoms with van der Waals surface area (Å²) in [6.45, 7) is 6.59. The lowest BCUT2D eigenvalue weighted by molar-refractivity contribution is -0.141. The molecule has 13 heteroatoms. The first-order chi connectivity index (χ1) is 15.3. The van der Waals surface area contributed by atoms with Crippen molar-refractivity contribution in [2.45, 2.75) is 52.1 Å². The number of nitrogens with one attached hydrogen (secondary N) is 2. The van der Waals surface area contributed by atoms with Gasteiger partial charge in [0.15, 0.2) is 11.5 Å². The van der Waals surface area contributed by atoms with E-state index in [-0.39, 0.29) is 23.1 Å². The Kier molecular flexibility index (Phi) is 6.81. The third kappa shape index (κ3) is 6.34. The zero-order chi connectivity index (χ0) is 24.4. The highest BCUT2D eigenvalue weighted by Gasteiger charge is 2.36. The lowest BCUT2D eigenvalue weighted by atomic mass is 10.2. The van der Waals surface area contributed by atoms with Gasteiger partial charge in [-0.3, -0.25) is 4.79 Å². The first-order valence-corrected chi connectivity index (χ1v) is 10.6. The van der Waals surface area contributed by atoms with E-state index in [2.05, 4.69) is 20.7 Å². The number of carbonyl (C=O) groups is 2. The number of halogens is 3. The minimum Gasteiger partial charge on any atom is -0.463 e. The average Bonchev–Trinajstić information content (AvgIpc) is 3.42. The summed E-state index contributed by atoms with van der Waals surface area (Å²) in [4.78, 5) is 28.3. The molecule has 0 unspecified atom stereocenters. The fraction of sp³-hybridized carbons (Fsp3) is 0.400. The smallest absolute Gasteiger partial charge is 0.435 e. The Morgan fingerprint density at radius 1 is 1.30 bits per heavy atom. The maximum absolute atomic E-state index is 13.2. The number of rotatable bonds is 6. The van der Waals surface area contributed by atoms with E-state index in [4.69, 9.17) is 9.15 Å². The SMILES string of the molecule is C[C@H](NC(=O)OC(C)(C)C)C(=O)NCc1csc(-n2nc(C(F)(F)F)cc2-c2ccco2)n1. The largest absolute Gasteiger partial charge is 0.463 e. The molecule has 2 amide bonds. The first-order valence-electron chi connectivity index (χ1n) is 9.76. The molecular weight excluding hydrogens is 463 g/mol. The molecular formula is C20H22F3N5O4S. The molecule has 0 spiro atoms. The van der Waals surface area contributed by atoms with Gasteiger partial charge in [-0.15, -0.1) is 11.3 Å². The summed E-state index contributed by atoms with van der Waals surface area (Å²) in [7, 11) is 0. The van der Waals surface area contributed by atoms with Gasteiger partial charge in [-0.05, 0) is 39.8 Å². The van der Waals surface area contributed by atoms with Crippen LogP contribution in [0.5, 0.6) is 0 Å². The summed E-state index contributed by atoms with van der Waals surface area (Å²) < 4.78 is 51.0. The van der Waals surface area contributed by atoms with Gasteiger partial charge in [-0.2, -0.15) is 18.3 Å². The highest BCUT2D eigenvalue weighted by molar-refractivity contribution is 7.12. The zero-order valence-corrected chi connectivity index (χ0v) is 19.0. The van der Waals surface area contributed by atoms with Gasteiger partial charge in [0.05, 0.1) is 18.5 Å². The van der Waals surface area contributed by atoms with E-state index in [9.17, 15) is 22.8 Å². The molecule has 1 atom stereocenters. The molecule has 178 valence electrons. The molecule has 9 nitrogen and oxygen atoms in total. The molecule has 2 N–H and O–H groups in total. The predicted molar refractivity (Wildman–Crippen MR) is 113 cm³/mol. The Bertz CT molecular complexity index is 1120. The lowest BCUT2D eigenvalue weighted by Crippen LogP contribution is -2.46. The molecule has 3 aromatic heterocycles. The molecule has 0 bridgehead atoms. The summed E-state index contributed by atoms with van der Waals surface area (Å²) in [6, 6.07) is 3.08. The number of carbonyl (C=O) groups excluding carboxylic acids is 2. The Morgan fingerprint density at radius 3 is 2.64 bits per heavy atom. The van der Waals surface area contributed by atoms with Crippen molar-refractivity contribution in [1.82, 2.24) is 25.4 Å². The van der Waals surface area contributed by atoms with Crippen LogP contribution in [-0.4, -0.2) is 38.4 Å². The number of hydrogen-bond donors (Lipinski definition) is 2. The fourth-order valence-electron chi connectivity index (χ4n) is 2.62. The van der Waals surface area contributed by atoms with E-state index in [1.54, 1.807) is 32.2 Å². The van der Waals surface area contributed by atoms with E-state index in [0.717, 1.165) is 22.1 Å². The van der Waals surface area contributed by atoms with Gasteiger partial charge in [0, 0.05) is 11.4 Å².